The van der Waals surface area contributed by atoms with E-state index in [2.05, 4.69) is 11.1 Å². The van der Waals surface area contributed by atoms with E-state index in [1.807, 2.05) is 6.92 Å². The second kappa shape index (κ2) is 6.69. The molecule has 130 valence electrons. The van der Waals surface area contributed by atoms with E-state index in [-0.39, 0.29) is 11.6 Å². The molecule has 0 unspecified atom stereocenters. The summed E-state index contributed by atoms with van der Waals surface area (Å²) in [5.41, 5.74) is 2.80. The summed E-state index contributed by atoms with van der Waals surface area (Å²) >= 11 is 0. The van der Waals surface area contributed by atoms with Crippen molar-refractivity contribution >= 4 is 23.9 Å². The van der Waals surface area contributed by atoms with Gasteiger partial charge in [-0.2, -0.15) is 5.26 Å². The van der Waals surface area contributed by atoms with Crippen molar-refractivity contribution in [1.82, 2.24) is 4.57 Å². The Bertz CT molecular complexity index is 1000. The van der Waals surface area contributed by atoms with Crippen LogP contribution in [0.3, 0.4) is 0 Å². The fraction of sp³-hybridized carbons (Fsp3) is 0.158. The fourth-order valence-corrected chi connectivity index (χ4v) is 2.49. The zero-order valence-corrected chi connectivity index (χ0v) is 14.4. The molecule has 0 saturated heterocycles. The van der Waals surface area contributed by atoms with Gasteiger partial charge in [0.05, 0.1) is 0 Å². The number of aromatic nitrogens is 1. The number of hydrogen-bond acceptors (Lipinski definition) is 6. The summed E-state index contributed by atoms with van der Waals surface area (Å²) in [7, 11) is 1.78. The average molecular weight is 349 g/mol. The number of nitrogens with zero attached hydrogens (tertiary/aromatic N) is 3. The maximum Gasteiger partial charge on any atom is 0.363 e. The van der Waals surface area contributed by atoms with Crippen LogP contribution >= 0.6 is 0 Å². The highest BCUT2D eigenvalue weighted by molar-refractivity contribution is 6.12. The van der Waals surface area contributed by atoms with Gasteiger partial charge in [0.2, 0.25) is 5.90 Å². The maximum atomic E-state index is 12.1. The standard InChI is InChI=1S/C19H15N3O4/c1-11-14(8-15(10-20)22(11)3)9-17-19(24)26-18(21-17)13-4-6-16(7-5-13)25-12(2)23/h4-9H,1-3H3/b17-9-. The fourth-order valence-electron chi connectivity index (χ4n) is 2.49. The van der Waals surface area contributed by atoms with Gasteiger partial charge in [-0.05, 0) is 48.9 Å². The van der Waals surface area contributed by atoms with Gasteiger partial charge in [0.25, 0.3) is 0 Å². The van der Waals surface area contributed by atoms with Crippen molar-refractivity contribution in [3.63, 3.8) is 0 Å². The van der Waals surface area contributed by atoms with E-state index >= 15 is 0 Å². The smallest absolute Gasteiger partial charge is 0.363 e. The monoisotopic (exact) mass is 349 g/mol. The minimum Gasteiger partial charge on any atom is -0.427 e. The topological polar surface area (TPSA) is 93.7 Å². The number of carbonyl (C=O) groups excluding carboxylic acids is 2. The molecule has 7 heteroatoms. The van der Waals surface area contributed by atoms with Crippen molar-refractivity contribution < 1.29 is 19.1 Å². The van der Waals surface area contributed by atoms with Gasteiger partial charge in [0.1, 0.15) is 17.5 Å². The largest absolute Gasteiger partial charge is 0.427 e. The van der Waals surface area contributed by atoms with E-state index in [1.54, 1.807) is 48.0 Å². The number of carbonyl (C=O) groups is 2. The highest BCUT2D eigenvalue weighted by atomic mass is 16.6. The van der Waals surface area contributed by atoms with Gasteiger partial charge < -0.3 is 14.0 Å². The van der Waals surface area contributed by atoms with Crippen LogP contribution in [0.25, 0.3) is 6.08 Å². The quantitative estimate of drug-likeness (QED) is 0.482. The highest BCUT2D eigenvalue weighted by Gasteiger charge is 2.25. The molecule has 1 aromatic carbocycles. The number of nitriles is 1. The van der Waals surface area contributed by atoms with E-state index in [0.29, 0.717) is 17.0 Å². The third-order valence-corrected chi connectivity index (χ3v) is 3.96. The minimum absolute atomic E-state index is 0.155. The molecule has 0 radical (unpaired) electrons. The molecule has 0 saturated carbocycles. The molecular formula is C19H15N3O4. The van der Waals surface area contributed by atoms with Crippen molar-refractivity contribution in [3.05, 3.63) is 58.5 Å². The summed E-state index contributed by atoms with van der Waals surface area (Å²) in [4.78, 5) is 27.3. The van der Waals surface area contributed by atoms with Crippen LogP contribution in [0.15, 0.2) is 41.0 Å². The molecule has 3 rings (SSSR count). The second-order valence-electron chi connectivity index (χ2n) is 5.70. The van der Waals surface area contributed by atoms with Crippen molar-refractivity contribution in [2.24, 2.45) is 12.0 Å². The summed E-state index contributed by atoms with van der Waals surface area (Å²) in [6.07, 6.45) is 1.60. The maximum absolute atomic E-state index is 12.1. The van der Waals surface area contributed by atoms with Crippen LogP contribution in [0.5, 0.6) is 5.75 Å². The third kappa shape index (κ3) is 3.26. The van der Waals surface area contributed by atoms with Crippen LogP contribution in [-0.2, 0) is 21.4 Å². The van der Waals surface area contributed by atoms with Crippen molar-refractivity contribution in [3.8, 4) is 11.8 Å². The molecule has 1 aliphatic rings. The SMILES string of the molecule is CC(=O)Oc1ccc(C2=N/C(=C\c3cc(C#N)n(C)c3C)C(=O)O2)cc1. The lowest BCUT2D eigenvalue weighted by Gasteiger charge is -2.02. The summed E-state index contributed by atoms with van der Waals surface area (Å²) in [6, 6.07) is 10.3. The predicted octanol–water partition coefficient (Wildman–Crippen LogP) is 2.48. The van der Waals surface area contributed by atoms with Gasteiger partial charge in [-0.3, -0.25) is 4.79 Å². The Hall–Kier alpha value is -3.66. The molecule has 2 heterocycles. The van der Waals surface area contributed by atoms with Crippen LogP contribution in [0.2, 0.25) is 0 Å². The predicted molar refractivity (Wildman–Crippen MR) is 93.2 cm³/mol. The lowest BCUT2D eigenvalue weighted by Crippen LogP contribution is -2.06. The molecule has 0 fully saturated rings. The van der Waals surface area contributed by atoms with Crippen LogP contribution in [0, 0.1) is 18.3 Å². The van der Waals surface area contributed by atoms with E-state index < -0.39 is 11.9 Å². The molecule has 26 heavy (non-hydrogen) atoms. The molecule has 0 spiro atoms. The van der Waals surface area contributed by atoms with Gasteiger partial charge in [-0.15, -0.1) is 0 Å². The molecule has 0 bridgehead atoms. The zero-order valence-electron chi connectivity index (χ0n) is 14.4. The number of ether oxygens (including phenoxy) is 2. The van der Waals surface area contributed by atoms with Crippen LogP contribution < -0.4 is 4.74 Å². The summed E-state index contributed by atoms with van der Waals surface area (Å²) < 4.78 is 11.9. The van der Waals surface area contributed by atoms with Crippen molar-refractivity contribution in [2.45, 2.75) is 13.8 Å². The summed E-state index contributed by atoms with van der Waals surface area (Å²) in [5, 5.41) is 9.09. The Morgan fingerprint density at radius 3 is 2.62 bits per heavy atom. The van der Waals surface area contributed by atoms with Gasteiger partial charge in [-0.25, -0.2) is 9.79 Å². The number of rotatable bonds is 3. The van der Waals surface area contributed by atoms with Gasteiger partial charge >= 0.3 is 11.9 Å². The van der Waals surface area contributed by atoms with Gasteiger partial charge in [0, 0.05) is 25.2 Å². The lowest BCUT2D eigenvalue weighted by molar-refractivity contribution is -0.132. The average Bonchev–Trinajstić information content (AvgIpc) is 3.10. The molecule has 1 aliphatic heterocycles. The van der Waals surface area contributed by atoms with Crippen molar-refractivity contribution in [1.29, 1.82) is 5.26 Å². The summed E-state index contributed by atoms with van der Waals surface area (Å²) in [6.45, 7) is 3.17. The highest BCUT2D eigenvalue weighted by Crippen LogP contribution is 2.23. The Kier molecular flexibility index (Phi) is 4.42. The summed E-state index contributed by atoms with van der Waals surface area (Å²) in [5.74, 6) is -0.413. The Morgan fingerprint density at radius 2 is 2.04 bits per heavy atom. The normalized spacial score (nSPS) is 14.8. The van der Waals surface area contributed by atoms with Crippen molar-refractivity contribution in [2.75, 3.05) is 0 Å². The molecule has 1 aromatic heterocycles. The molecule has 0 aliphatic carbocycles. The number of cyclic esters (lactones) is 1. The Morgan fingerprint density at radius 1 is 1.35 bits per heavy atom. The molecule has 0 atom stereocenters. The molecule has 0 N–H and O–H groups in total. The number of esters is 2. The first-order valence-electron chi connectivity index (χ1n) is 7.77. The number of benzene rings is 1. The van der Waals surface area contributed by atoms with E-state index in [4.69, 9.17) is 14.7 Å². The lowest BCUT2D eigenvalue weighted by atomic mass is 10.2. The van der Waals surface area contributed by atoms with Crippen LogP contribution in [0.1, 0.15) is 29.4 Å². The Balaban J connectivity index is 1.90. The van der Waals surface area contributed by atoms with Gasteiger partial charge in [-0.1, -0.05) is 0 Å². The first-order valence-corrected chi connectivity index (χ1v) is 7.77. The van der Waals surface area contributed by atoms with E-state index in [0.717, 1.165) is 11.3 Å². The third-order valence-electron chi connectivity index (χ3n) is 3.96. The molecule has 2 aromatic rings. The first-order chi connectivity index (χ1) is 12.4. The molecule has 0 amide bonds. The van der Waals surface area contributed by atoms with E-state index in [1.165, 1.54) is 6.92 Å². The van der Waals surface area contributed by atoms with Crippen LogP contribution in [0.4, 0.5) is 0 Å². The molecular weight excluding hydrogens is 334 g/mol. The van der Waals surface area contributed by atoms with E-state index in [9.17, 15) is 9.59 Å². The zero-order chi connectivity index (χ0) is 18.8. The number of aliphatic imine (C=N–C) groups is 1. The van der Waals surface area contributed by atoms with Crippen LogP contribution in [-0.4, -0.2) is 22.4 Å². The van der Waals surface area contributed by atoms with Gasteiger partial charge in [0.15, 0.2) is 5.70 Å². The minimum atomic E-state index is -0.564. The Labute approximate surface area is 149 Å². The first kappa shape index (κ1) is 17.2. The number of hydrogen-bond donors (Lipinski definition) is 0. The second-order valence-corrected chi connectivity index (χ2v) is 5.70. The molecule has 7 nitrogen and oxygen atoms in total.